The second kappa shape index (κ2) is 9.34. The number of primary amides is 1. The van der Waals surface area contributed by atoms with Crippen LogP contribution in [-0.2, 0) is 16.0 Å². The molecule has 0 aliphatic carbocycles. The Morgan fingerprint density at radius 3 is 2.34 bits per heavy atom. The molecule has 1 aliphatic rings. The molecular formula is C22H27N5O2. The number of carbonyl (C=O) groups excluding carboxylic acids is 2. The second-order valence-electron chi connectivity index (χ2n) is 7.37. The topological polar surface area (TPSA) is 91.0 Å². The highest BCUT2D eigenvalue weighted by Gasteiger charge is 2.35. The summed E-state index contributed by atoms with van der Waals surface area (Å²) in [5, 5.41) is 8.89. The third kappa shape index (κ3) is 5.20. The number of anilines is 1. The minimum Gasteiger partial charge on any atom is -0.368 e. The lowest BCUT2D eigenvalue weighted by atomic mass is 10.0. The number of hydrogen-bond acceptors (Lipinski definition) is 5. The summed E-state index contributed by atoms with van der Waals surface area (Å²) in [6.07, 6.45) is 1.02. The van der Waals surface area contributed by atoms with Crippen molar-refractivity contribution in [2.45, 2.75) is 24.9 Å². The fraction of sp³-hybridized carbons (Fsp3) is 0.318. The van der Waals surface area contributed by atoms with Crippen LogP contribution in [0.5, 0.6) is 0 Å². The number of hydrogen-bond donors (Lipinski definition) is 2. The molecule has 0 bridgehead atoms. The number of nitrogens with two attached hydrogens (primary N) is 1. The molecule has 2 unspecified atom stereocenters. The lowest BCUT2D eigenvalue weighted by molar-refractivity contribution is -0.119. The van der Waals surface area contributed by atoms with Crippen LogP contribution in [0, 0.1) is 0 Å². The first-order valence-electron chi connectivity index (χ1n) is 9.65. The molecule has 1 aliphatic heterocycles. The van der Waals surface area contributed by atoms with Crippen LogP contribution in [-0.4, -0.2) is 55.1 Å². The van der Waals surface area contributed by atoms with Crippen LogP contribution in [0.1, 0.15) is 12.0 Å². The predicted molar refractivity (Wildman–Crippen MR) is 115 cm³/mol. The predicted octanol–water partition coefficient (Wildman–Crippen LogP) is 1.40. The first kappa shape index (κ1) is 20.5. The lowest BCUT2D eigenvalue weighted by Crippen LogP contribution is -2.44. The number of rotatable bonds is 8. The minimum absolute atomic E-state index is 0.139. The Bertz CT molecular complexity index is 867. The Morgan fingerprint density at radius 2 is 1.76 bits per heavy atom. The molecule has 2 aromatic rings. The monoisotopic (exact) mass is 393 g/mol. The van der Waals surface area contributed by atoms with Gasteiger partial charge in [-0.15, -0.1) is 0 Å². The van der Waals surface area contributed by atoms with Gasteiger partial charge in [-0.2, -0.15) is 5.10 Å². The summed E-state index contributed by atoms with van der Waals surface area (Å²) in [6.45, 7) is 0.478. The maximum Gasteiger partial charge on any atom is 0.267 e. The average molecular weight is 393 g/mol. The van der Waals surface area contributed by atoms with E-state index >= 15 is 0 Å². The molecule has 0 fully saturated rings. The zero-order chi connectivity index (χ0) is 20.8. The highest BCUT2D eigenvalue weighted by atomic mass is 16.2. The molecule has 7 heteroatoms. The van der Waals surface area contributed by atoms with Gasteiger partial charge < -0.3 is 16.0 Å². The van der Waals surface area contributed by atoms with Gasteiger partial charge >= 0.3 is 0 Å². The highest BCUT2D eigenvalue weighted by Crippen LogP contribution is 2.24. The molecule has 2 amide bonds. The zero-order valence-electron chi connectivity index (χ0n) is 16.8. The number of amides is 2. The van der Waals surface area contributed by atoms with E-state index in [9.17, 15) is 9.59 Å². The smallest absolute Gasteiger partial charge is 0.267 e. The Labute approximate surface area is 171 Å². The van der Waals surface area contributed by atoms with Crippen LogP contribution in [0.25, 0.3) is 0 Å². The molecule has 7 nitrogen and oxygen atoms in total. The standard InChI is InChI=1S/C22H27N5O2/c1-26(2)18(13-16-9-5-3-6-10-16)15-24-22(29)19-14-20(21(23)28)27(25-19)17-11-7-4-8-12-17/h3-12,18,20H,13-15H2,1-2H3,(H2,23,28)(H,24,29). The van der Waals surface area contributed by atoms with Gasteiger partial charge in [0.1, 0.15) is 11.8 Å². The molecule has 2 aromatic carbocycles. The van der Waals surface area contributed by atoms with Crippen LogP contribution < -0.4 is 16.1 Å². The van der Waals surface area contributed by atoms with Crippen molar-refractivity contribution in [1.82, 2.24) is 10.2 Å². The Balaban J connectivity index is 1.66. The highest BCUT2D eigenvalue weighted by molar-refractivity contribution is 6.40. The SMILES string of the molecule is CN(C)C(CNC(=O)C1=NN(c2ccccc2)C(C(N)=O)C1)Cc1ccccc1. The van der Waals surface area contributed by atoms with Crippen molar-refractivity contribution < 1.29 is 9.59 Å². The average Bonchev–Trinajstić information content (AvgIpc) is 3.18. The van der Waals surface area contributed by atoms with Gasteiger partial charge in [-0.3, -0.25) is 14.6 Å². The Kier molecular flexibility index (Phi) is 6.61. The van der Waals surface area contributed by atoms with Crippen molar-refractivity contribution in [2.24, 2.45) is 10.8 Å². The van der Waals surface area contributed by atoms with Crippen LogP contribution in [0.2, 0.25) is 0 Å². The fourth-order valence-electron chi connectivity index (χ4n) is 3.32. The molecule has 3 rings (SSSR count). The lowest BCUT2D eigenvalue weighted by Gasteiger charge is -2.24. The quantitative estimate of drug-likeness (QED) is 0.709. The van der Waals surface area contributed by atoms with Crippen LogP contribution in [0.15, 0.2) is 65.8 Å². The van der Waals surface area contributed by atoms with Crippen molar-refractivity contribution in [1.29, 1.82) is 0 Å². The van der Waals surface area contributed by atoms with Gasteiger partial charge in [-0.1, -0.05) is 48.5 Å². The molecule has 1 heterocycles. The number of nitrogens with zero attached hydrogens (tertiary/aromatic N) is 3. The molecule has 0 radical (unpaired) electrons. The van der Waals surface area contributed by atoms with E-state index in [0.717, 1.165) is 12.1 Å². The number of para-hydroxylation sites is 1. The summed E-state index contributed by atoms with van der Waals surface area (Å²) >= 11 is 0. The van der Waals surface area contributed by atoms with E-state index in [0.29, 0.717) is 12.3 Å². The van der Waals surface area contributed by atoms with E-state index < -0.39 is 11.9 Å². The van der Waals surface area contributed by atoms with Gasteiger partial charge in [0.15, 0.2) is 0 Å². The molecule has 0 saturated carbocycles. The normalized spacial score (nSPS) is 17.1. The molecule has 0 aromatic heterocycles. The van der Waals surface area contributed by atoms with Crippen molar-refractivity contribution >= 4 is 23.2 Å². The van der Waals surface area contributed by atoms with Crippen molar-refractivity contribution in [3.63, 3.8) is 0 Å². The molecular weight excluding hydrogens is 366 g/mol. The van der Waals surface area contributed by atoms with Gasteiger partial charge in [0.05, 0.1) is 5.69 Å². The van der Waals surface area contributed by atoms with Crippen molar-refractivity contribution in [3.8, 4) is 0 Å². The van der Waals surface area contributed by atoms with Gasteiger partial charge in [0.25, 0.3) is 5.91 Å². The summed E-state index contributed by atoms with van der Waals surface area (Å²) in [5.74, 6) is -0.773. The molecule has 2 atom stereocenters. The van der Waals surface area contributed by atoms with Crippen molar-refractivity contribution in [2.75, 3.05) is 25.6 Å². The first-order valence-corrected chi connectivity index (χ1v) is 9.65. The molecule has 3 N–H and O–H groups in total. The van der Waals surface area contributed by atoms with E-state index in [1.54, 1.807) is 0 Å². The Morgan fingerprint density at radius 1 is 1.14 bits per heavy atom. The fourth-order valence-corrected chi connectivity index (χ4v) is 3.32. The molecule has 29 heavy (non-hydrogen) atoms. The summed E-state index contributed by atoms with van der Waals surface area (Å²) in [7, 11) is 3.99. The van der Waals surface area contributed by atoms with Gasteiger partial charge in [-0.05, 0) is 38.2 Å². The third-order valence-electron chi connectivity index (χ3n) is 5.06. The van der Waals surface area contributed by atoms with E-state index in [1.165, 1.54) is 10.6 Å². The number of nitrogens with one attached hydrogen (secondary N) is 1. The summed E-state index contributed by atoms with van der Waals surface area (Å²) in [6, 6.07) is 18.9. The van der Waals surface area contributed by atoms with Crippen LogP contribution >= 0.6 is 0 Å². The maximum atomic E-state index is 12.7. The van der Waals surface area contributed by atoms with E-state index in [2.05, 4.69) is 27.5 Å². The minimum atomic E-state index is -0.660. The summed E-state index contributed by atoms with van der Waals surface area (Å²) in [5.41, 5.74) is 7.80. The van der Waals surface area contributed by atoms with Crippen LogP contribution in [0.4, 0.5) is 5.69 Å². The van der Waals surface area contributed by atoms with Gasteiger partial charge in [0.2, 0.25) is 5.91 Å². The molecule has 0 saturated heterocycles. The third-order valence-corrected chi connectivity index (χ3v) is 5.06. The number of likely N-dealkylation sites (N-methyl/N-ethyl adjacent to an activating group) is 1. The Hall–Kier alpha value is -3.19. The largest absolute Gasteiger partial charge is 0.368 e. The summed E-state index contributed by atoms with van der Waals surface area (Å²) in [4.78, 5) is 26.7. The number of hydrazone groups is 1. The maximum absolute atomic E-state index is 12.7. The van der Waals surface area contributed by atoms with Gasteiger partial charge in [-0.25, -0.2) is 0 Å². The summed E-state index contributed by atoms with van der Waals surface area (Å²) < 4.78 is 0. The number of carbonyl (C=O) groups is 2. The van der Waals surface area contributed by atoms with Crippen LogP contribution in [0.3, 0.4) is 0 Å². The van der Waals surface area contributed by atoms with E-state index in [1.807, 2.05) is 62.6 Å². The van der Waals surface area contributed by atoms with Crippen molar-refractivity contribution in [3.05, 3.63) is 66.2 Å². The molecule has 0 spiro atoms. The molecule has 152 valence electrons. The number of benzene rings is 2. The zero-order valence-corrected chi connectivity index (χ0v) is 16.8. The van der Waals surface area contributed by atoms with E-state index in [4.69, 9.17) is 5.73 Å². The first-order chi connectivity index (χ1) is 14.0. The van der Waals surface area contributed by atoms with Gasteiger partial charge in [0, 0.05) is 19.0 Å². The van der Waals surface area contributed by atoms with E-state index in [-0.39, 0.29) is 18.4 Å². The second-order valence-corrected chi connectivity index (χ2v) is 7.37.